The lowest BCUT2D eigenvalue weighted by Gasteiger charge is -2.48. The van der Waals surface area contributed by atoms with E-state index in [1.54, 1.807) is 14.2 Å². The third kappa shape index (κ3) is 2.48. The number of hydrogen-bond acceptors (Lipinski definition) is 6. The second-order valence-corrected chi connectivity index (χ2v) is 8.61. The van der Waals surface area contributed by atoms with Gasteiger partial charge in [0.05, 0.1) is 12.0 Å². The molecule has 142 valence electrons. The van der Waals surface area contributed by atoms with Gasteiger partial charge in [0.1, 0.15) is 11.7 Å². The highest BCUT2D eigenvalue weighted by atomic mass is 16.7. The lowest BCUT2D eigenvalue weighted by molar-refractivity contribution is -0.146. The number of carbonyl (C=O) groups excluding carboxylic acids is 1. The molecule has 0 unspecified atom stereocenters. The Morgan fingerprint density at radius 1 is 1.36 bits per heavy atom. The molecule has 0 amide bonds. The Balaban J connectivity index is 1.47. The Morgan fingerprint density at radius 2 is 2.12 bits per heavy atom. The van der Waals surface area contributed by atoms with Crippen LogP contribution in [0, 0.1) is 23.2 Å². The summed E-state index contributed by atoms with van der Waals surface area (Å²) in [4.78, 5) is 12.5. The Bertz CT molecular complexity index is 538. The summed E-state index contributed by atoms with van der Waals surface area (Å²) < 4.78 is 22.6. The van der Waals surface area contributed by atoms with Crippen LogP contribution >= 0.6 is 0 Å². The van der Waals surface area contributed by atoms with Crippen molar-refractivity contribution in [2.75, 3.05) is 27.3 Å². The van der Waals surface area contributed by atoms with E-state index in [-0.39, 0.29) is 47.3 Å². The number of rotatable bonds is 6. The quantitative estimate of drug-likeness (QED) is 0.445. The van der Waals surface area contributed by atoms with Gasteiger partial charge in [-0.3, -0.25) is 4.79 Å². The number of carbonyl (C=O) groups is 1. The molecular weight excluding hydrogens is 322 g/mol. The van der Waals surface area contributed by atoms with Crippen molar-refractivity contribution < 1.29 is 23.7 Å². The van der Waals surface area contributed by atoms with Gasteiger partial charge in [-0.2, -0.15) is 0 Å². The maximum atomic E-state index is 12.5. The largest absolute Gasteiger partial charge is 0.462 e. The summed E-state index contributed by atoms with van der Waals surface area (Å²) in [5.74, 6) is 0.530. The molecule has 4 rings (SSSR count). The molecule has 4 aliphatic rings. The van der Waals surface area contributed by atoms with Crippen LogP contribution in [0.15, 0.2) is 0 Å². The van der Waals surface area contributed by atoms with E-state index < -0.39 is 0 Å². The van der Waals surface area contributed by atoms with E-state index >= 15 is 0 Å². The Labute approximate surface area is 149 Å². The molecule has 4 fully saturated rings. The first-order chi connectivity index (χ1) is 12.0. The normalized spacial score (nSPS) is 47.9. The zero-order valence-corrected chi connectivity index (χ0v) is 15.7. The topological polar surface area (TPSA) is 69.3 Å². The van der Waals surface area contributed by atoms with Gasteiger partial charge >= 0.3 is 5.97 Å². The second kappa shape index (κ2) is 6.19. The van der Waals surface area contributed by atoms with Gasteiger partial charge in [-0.25, -0.2) is 0 Å². The first kappa shape index (κ1) is 17.7. The van der Waals surface area contributed by atoms with Crippen LogP contribution in [-0.2, 0) is 23.7 Å². The number of ether oxygens (including phenoxy) is 4. The molecule has 2 aliphatic carbocycles. The second-order valence-electron chi connectivity index (χ2n) is 8.61. The van der Waals surface area contributed by atoms with Gasteiger partial charge < -0.3 is 24.3 Å². The average molecular weight is 353 g/mol. The Morgan fingerprint density at radius 3 is 2.84 bits per heavy atom. The summed E-state index contributed by atoms with van der Waals surface area (Å²) in [6, 6.07) is 0. The molecule has 1 N–H and O–H groups in total. The van der Waals surface area contributed by atoms with Crippen LogP contribution in [-0.4, -0.2) is 57.4 Å². The van der Waals surface area contributed by atoms with Gasteiger partial charge in [-0.15, -0.1) is 0 Å². The van der Waals surface area contributed by atoms with Crippen LogP contribution in [0.25, 0.3) is 0 Å². The summed E-state index contributed by atoms with van der Waals surface area (Å²) in [6.45, 7) is 5.81. The van der Waals surface area contributed by atoms with Crippen molar-refractivity contribution in [2.45, 2.75) is 63.6 Å². The van der Waals surface area contributed by atoms with E-state index in [9.17, 15) is 4.79 Å². The molecule has 0 aromatic heterocycles. The smallest absolute Gasteiger partial charge is 0.311 e. The summed E-state index contributed by atoms with van der Waals surface area (Å²) in [5.41, 5.74) is 0.122. The molecule has 0 aromatic rings. The summed E-state index contributed by atoms with van der Waals surface area (Å²) in [7, 11) is 3.23. The van der Waals surface area contributed by atoms with Crippen LogP contribution < -0.4 is 5.32 Å². The minimum atomic E-state index is -0.301. The fraction of sp³-hybridized carbons (Fsp3) is 0.947. The minimum Gasteiger partial charge on any atom is -0.462 e. The Hall–Kier alpha value is -0.690. The molecule has 0 bridgehead atoms. The highest BCUT2D eigenvalue weighted by molar-refractivity contribution is 5.76. The maximum absolute atomic E-state index is 12.5. The van der Waals surface area contributed by atoms with Crippen LogP contribution in [0.5, 0.6) is 0 Å². The molecule has 2 saturated heterocycles. The van der Waals surface area contributed by atoms with E-state index in [1.165, 1.54) is 19.3 Å². The maximum Gasteiger partial charge on any atom is 0.311 e. The zero-order chi connectivity index (χ0) is 17.8. The van der Waals surface area contributed by atoms with E-state index in [4.69, 9.17) is 18.9 Å². The van der Waals surface area contributed by atoms with Crippen molar-refractivity contribution in [3.8, 4) is 0 Å². The number of hydrogen-bond donors (Lipinski definition) is 1. The van der Waals surface area contributed by atoms with Crippen molar-refractivity contribution >= 4 is 5.97 Å². The summed E-state index contributed by atoms with van der Waals surface area (Å²) in [5, 5.41) is 3.32. The Kier molecular flexibility index (Phi) is 4.38. The SMILES string of the molecule is COC(CNC[C@@H]1C(=O)O[C@@H]2C[C@@]3(C)CCC[C@H](C)[C@@]34O[C@H]4[C@H]12)OC. The molecule has 6 heteroatoms. The minimum absolute atomic E-state index is 0.0101. The highest BCUT2D eigenvalue weighted by Crippen LogP contribution is 2.70. The van der Waals surface area contributed by atoms with Crippen molar-refractivity contribution in [3.05, 3.63) is 0 Å². The average Bonchev–Trinajstić information content (AvgIpc) is 3.26. The van der Waals surface area contributed by atoms with Gasteiger partial charge in [0.25, 0.3) is 0 Å². The number of nitrogens with one attached hydrogen (secondary N) is 1. The van der Waals surface area contributed by atoms with Crippen molar-refractivity contribution in [3.63, 3.8) is 0 Å². The number of fused-ring (bicyclic) bond motifs is 2. The third-order valence-electron chi connectivity index (χ3n) is 7.40. The molecular formula is C19H31NO5. The predicted octanol–water partition coefficient (Wildman–Crippen LogP) is 1.72. The molecule has 2 heterocycles. The van der Waals surface area contributed by atoms with Gasteiger partial charge in [-0.1, -0.05) is 20.3 Å². The van der Waals surface area contributed by atoms with E-state index in [1.807, 2.05) is 0 Å². The van der Waals surface area contributed by atoms with Crippen molar-refractivity contribution in [1.82, 2.24) is 5.32 Å². The van der Waals surface area contributed by atoms with Crippen LogP contribution in [0.2, 0.25) is 0 Å². The van der Waals surface area contributed by atoms with Gasteiger partial charge in [0.15, 0.2) is 6.29 Å². The van der Waals surface area contributed by atoms with E-state index in [0.29, 0.717) is 19.0 Å². The molecule has 1 spiro atoms. The molecule has 25 heavy (non-hydrogen) atoms. The molecule has 0 aromatic carbocycles. The predicted molar refractivity (Wildman–Crippen MR) is 90.9 cm³/mol. The van der Waals surface area contributed by atoms with E-state index in [2.05, 4.69) is 19.2 Å². The lowest BCUT2D eigenvalue weighted by atomic mass is 9.53. The number of esters is 1. The molecule has 2 aliphatic heterocycles. The molecule has 6 nitrogen and oxygen atoms in total. The molecule has 0 radical (unpaired) electrons. The summed E-state index contributed by atoms with van der Waals surface area (Å²) in [6.07, 6.45) is 4.48. The first-order valence-electron chi connectivity index (χ1n) is 9.61. The van der Waals surface area contributed by atoms with Crippen molar-refractivity contribution in [1.29, 1.82) is 0 Å². The van der Waals surface area contributed by atoms with Gasteiger partial charge in [0, 0.05) is 38.6 Å². The van der Waals surface area contributed by atoms with Crippen LogP contribution in [0.3, 0.4) is 0 Å². The fourth-order valence-electron chi connectivity index (χ4n) is 6.09. The fourth-order valence-corrected chi connectivity index (χ4v) is 6.09. The van der Waals surface area contributed by atoms with Crippen LogP contribution in [0.4, 0.5) is 0 Å². The number of epoxide rings is 1. The standard InChI is InChI=1S/C19H31NO5/c1-11-6-5-7-18(2)8-13-15(16-19(11,18)25-16)12(17(21)24-13)9-20-10-14(22-3)23-4/h11-16,20H,5-10H2,1-4H3/t11-,12-,13+,15+,16-,18+,19-/m0/s1. The van der Waals surface area contributed by atoms with E-state index in [0.717, 1.165) is 6.42 Å². The highest BCUT2D eigenvalue weighted by Gasteiger charge is 2.78. The first-order valence-corrected chi connectivity index (χ1v) is 9.61. The molecule has 2 saturated carbocycles. The summed E-state index contributed by atoms with van der Waals surface area (Å²) >= 11 is 0. The zero-order valence-electron chi connectivity index (χ0n) is 15.7. The van der Waals surface area contributed by atoms with Gasteiger partial charge in [-0.05, 0) is 25.2 Å². The van der Waals surface area contributed by atoms with Crippen molar-refractivity contribution in [2.24, 2.45) is 23.2 Å². The third-order valence-corrected chi connectivity index (χ3v) is 7.40. The lowest BCUT2D eigenvalue weighted by Crippen LogP contribution is -2.54. The monoisotopic (exact) mass is 353 g/mol. The molecule has 7 atom stereocenters. The van der Waals surface area contributed by atoms with Gasteiger partial charge in [0.2, 0.25) is 0 Å². The van der Waals surface area contributed by atoms with Crippen LogP contribution in [0.1, 0.15) is 39.5 Å². The number of methoxy groups -OCH3 is 2.